The zero-order valence-electron chi connectivity index (χ0n) is 19.2. The van der Waals surface area contributed by atoms with Gasteiger partial charge in [-0.05, 0) is 38.0 Å². The number of aromatic nitrogens is 6. The van der Waals surface area contributed by atoms with Crippen molar-refractivity contribution in [3.63, 3.8) is 0 Å². The molecule has 13 heteroatoms. The van der Waals surface area contributed by atoms with Crippen molar-refractivity contribution in [1.82, 2.24) is 33.6 Å². The Bertz CT molecular complexity index is 1660. The number of nitrogens with zero attached hydrogens (tertiary/aromatic N) is 5. The lowest BCUT2D eigenvalue weighted by atomic mass is 10.2. The number of benzene rings is 1. The largest absolute Gasteiger partial charge is 0.348 e. The van der Waals surface area contributed by atoms with Gasteiger partial charge in [0.25, 0.3) is 5.56 Å². The van der Waals surface area contributed by atoms with Crippen LogP contribution in [0.25, 0.3) is 10.9 Å². The van der Waals surface area contributed by atoms with E-state index in [1.807, 2.05) is 0 Å². The number of imidazole rings is 1. The topological polar surface area (TPSA) is 137 Å². The van der Waals surface area contributed by atoms with E-state index in [4.69, 9.17) is 0 Å². The van der Waals surface area contributed by atoms with E-state index in [1.165, 1.54) is 22.8 Å². The van der Waals surface area contributed by atoms with E-state index in [0.29, 0.717) is 29.9 Å². The molecule has 0 atom stereocenters. The normalized spacial score (nSPS) is 15.1. The number of hydrogen-bond donors (Lipinski definition) is 2. The van der Waals surface area contributed by atoms with Gasteiger partial charge in [-0.1, -0.05) is 0 Å². The van der Waals surface area contributed by atoms with Crippen LogP contribution < -0.4 is 16.0 Å². The van der Waals surface area contributed by atoms with Crippen molar-refractivity contribution in [2.24, 2.45) is 7.05 Å². The van der Waals surface area contributed by atoms with Gasteiger partial charge >= 0.3 is 5.69 Å². The van der Waals surface area contributed by atoms with Crippen LogP contribution in [0.1, 0.15) is 29.9 Å². The van der Waals surface area contributed by atoms with Crippen LogP contribution in [0.3, 0.4) is 0 Å². The monoisotopic (exact) mass is 501 g/mol. The fourth-order valence-electron chi connectivity index (χ4n) is 4.07. The number of aromatic amines is 1. The lowest BCUT2D eigenvalue weighted by Crippen LogP contribution is -2.41. The Balaban J connectivity index is 1.68. The summed E-state index contributed by atoms with van der Waals surface area (Å²) in [5.41, 5.74) is -0.784. The number of H-pyrrole nitrogens is 1. The molecular formula is C22H24FN7O4S. The predicted octanol–water partition coefficient (Wildman–Crippen LogP) is 0.805. The van der Waals surface area contributed by atoms with Crippen molar-refractivity contribution >= 4 is 20.9 Å². The van der Waals surface area contributed by atoms with E-state index >= 15 is 0 Å². The molecule has 35 heavy (non-hydrogen) atoms. The van der Waals surface area contributed by atoms with Crippen LogP contribution in [0.4, 0.5) is 4.39 Å². The molecule has 3 heterocycles. The van der Waals surface area contributed by atoms with Gasteiger partial charge < -0.3 is 4.98 Å². The molecule has 1 aliphatic carbocycles. The van der Waals surface area contributed by atoms with E-state index in [0.717, 1.165) is 4.57 Å². The highest BCUT2D eigenvalue weighted by Gasteiger charge is 2.46. The number of sulfonamides is 1. The van der Waals surface area contributed by atoms with E-state index in [1.54, 1.807) is 37.2 Å². The smallest absolute Gasteiger partial charge is 0.332 e. The highest BCUT2D eigenvalue weighted by molar-refractivity contribution is 7.89. The number of nitrogens with one attached hydrogen (secondary N) is 2. The molecule has 5 rings (SSSR count). The van der Waals surface area contributed by atoms with Gasteiger partial charge in [0.1, 0.15) is 12.5 Å². The van der Waals surface area contributed by atoms with Crippen LogP contribution >= 0.6 is 0 Å². The molecule has 1 aromatic carbocycles. The Labute approximate surface area is 199 Å². The van der Waals surface area contributed by atoms with Gasteiger partial charge in [-0.25, -0.2) is 27.3 Å². The number of rotatable bonds is 8. The first kappa shape index (κ1) is 23.2. The minimum Gasteiger partial charge on any atom is -0.348 e. The minimum absolute atomic E-state index is 0.0404. The van der Waals surface area contributed by atoms with Crippen molar-refractivity contribution in [3.05, 3.63) is 74.7 Å². The molecule has 0 radical (unpaired) electrons. The van der Waals surface area contributed by atoms with Gasteiger partial charge in [-0.3, -0.25) is 18.6 Å². The molecule has 2 N–H and O–H groups in total. The van der Waals surface area contributed by atoms with Crippen molar-refractivity contribution in [2.75, 3.05) is 6.67 Å². The molecule has 11 nitrogen and oxygen atoms in total. The van der Waals surface area contributed by atoms with Crippen molar-refractivity contribution < 1.29 is 12.8 Å². The number of alkyl halides is 1. The predicted molar refractivity (Wildman–Crippen MR) is 125 cm³/mol. The second-order valence-corrected chi connectivity index (χ2v) is 10.6. The standard InChI is InChI=1S/C22H24FN7O4S/c1-14-24-9-16(26-14)12-29-19-4-3-17(35(33,34)27-22(13-23)5-6-22)7-18(19)20(31)30(21(29)32)11-15-8-25-28(2)10-15/h3-4,7-10,27H,5-6,11-13H2,1-2H3,(H,24,26). The Morgan fingerprint density at radius 1 is 1.20 bits per heavy atom. The molecule has 1 fully saturated rings. The Kier molecular flexibility index (Phi) is 5.48. The number of hydrogen-bond acceptors (Lipinski definition) is 6. The average Bonchev–Trinajstić information content (AvgIpc) is 3.26. The van der Waals surface area contributed by atoms with E-state index in [-0.39, 0.29) is 28.9 Å². The average molecular weight is 502 g/mol. The van der Waals surface area contributed by atoms with Gasteiger partial charge in [0.15, 0.2) is 0 Å². The van der Waals surface area contributed by atoms with Crippen molar-refractivity contribution in [3.8, 4) is 0 Å². The first-order chi connectivity index (χ1) is 16.6. The summed E-state index contributed by atoms with van der Waals surface area (Å²) < 4.78 is 45.6. The van der Waals surface area contributed by atoms with Crippen LogP contribution in [-0.4, -0.2) is 49.5 Å². The fraction of sp³-hybridized carbons (Fsp3) is 0.364. The third-order valence-electron chi connectivity index (χ3n) is 6.14. The summed E-state index contributed by atoms with van der Waals surface area (Å²) in [7, 11) is -2.36. The molecule has 0 saturated heterocycles. The van der Waals surface area contributed by atoms with Gasteiger partial charge in [0.2, 0.25) is 10.0 Å². The molecule has 1 aliphatic rings. The maximum absolute atomic E-state index is 13.4. The molecule has 3 aromatic heterocycles. The van der Waals surface area contributed by atoms with Crippen LogP contribution in [-0.2, 0) is 30.2 Å². The zero-order valence-corrected chi connectivity index (χ0v) is 20.0. The number of aryl methyl sites for hydroxylation is 2. The second kappa shape index (κ2) is 8.27. The van der Waals surface area contributed by atoms with Crippen molar-refractivity contribution in [1.29, 1.82) is 0 Å². The summed E-state index contributed by atoms with van der Waals surface area (Å²) in [4.78, 5) is 34.0. The van der Waals surface area contributed by atoms with Gasteiger partial charge in [0.05, 0.1) is 46.3 Å². The first-order valence-corrected chi connectivity index (χ1v) is 12.4. The highest BCUT2D eigenvalue weighted by Crippen LogP contribution is 2.37. The van der Waals surface area contributed by atoms with Crippen molar-refractivity contribution in [2.45, 2.75) is 43.3 Å². The van der Waals surface area contributed by atoms with Crippen LogP contribution in [0, 0.1) is 6.92 Å². The second-order valence-electron chi connectivity index (χ2n) is 8.96. The summed E-state index contributed by atoms with van der Waals surface area (Å²) in [5.74, 6) is 0.669. The first-order valence-electron chi connectivity index (χ1n) is 11.0. The summed E-state index contributed by atoms with van der Waals surface area (Å²) in [6, 6.07) is 3.98. The van der Waals surface area contributed by atoms with Gasteiger partial charge in [-0.2, -0.15) is 5.10 Å². The summed E-state index contributed by atoms with van der Waals surface area (Å²) in [6.45, 7) is 1.01. The molecular weight excluding hydrogens is 477 g/mol. The summed E-state index contributed by atoms with van der Waals surface area (Å²) >= 11 is 0. The van der Waals surface area contributed by atoms with E-state index < -0.39 is 33.5 Å². The number of fused-ring (bicyclic) bond motifs is 1. The number of halogens is 1. The van der Waals surface area contributed by atoms with Crippen LogP contribution in [0.2, 0.25) is 0 Å². The summed E-state index contributed by atoms with van der Waals surface area (Å²) in [5, 5.41) is 4.13. The summed E-state index contributed by atoms with van der Waals surface area (Å²) in [6.07, 6.45) is 5.73. The van der Waals surface area contributed by atoms with Crippen LogP contribution in [0.5, 0.6) is 0 Å². The maximum atomic E-state index is 13.4. The van der Waals surface area contributed by atoms with Gasteiger partial charge in [0, 0.05) is 25.0 Å². The molecule has 0 bridgehead atoms. The minimum atomic E-state index is -4.08. The zero-order chi connectivity index (χ0) is 25.0. The molecule has 4 aromatic rings. The third-order valence-corrected chi connectivity index (χ3v) is 7.72. The molecule has 0 spiro atoms. The Morgan fingerprint density at radius 3 is 2.57 bits per heavy atom. The third kappa shape index (κ3) is 4.32. The fourth-order valence-corrected chi connectivity index (χ4v) is 5.53. The Morgan fingerprint density at radius 2 is 1.97 bits per heavy atom. The quantitative estimate of drug-likeness (QED) is 0.367. The van der Waals surface area contributed by atoms with E-state index in [9.17, 15) is 22.4 Å². The van der Waals surface area contributed by atoms with E-state index in [2.05, 4.69) is 19.8 Å². The molecule has 0 aliphatic heterocycles. The molecule has 0 unspecified atom stereocenters. The lowest BCUT2D eigenvalue weighted by Gasteiger charge is -2.16. The maximum Gasteiger partial charge on any atom is 0.332 e. The molecule has 184 valence electrons. The molecule has 1 saturated carbocycles. The van der Waals surface area contributed by atoms with Crippen LogP contribution in [0.15, 0.2) is 51.3 Å². The highest BCUT2D eigenvalue weighted by atomic mass is 32.2. The SMILES string of the molecule is Cc1nc(Cn2c(=O)n(Cc3cnn(C)c3)c(=O)c3cc(S(=O)(=O)NC4(CF)CC4)ccc32)c[nH]1. The van der Waals surface area contributed by atoms with Gasteiger partial charge in [-0.15, -0.1) is 0 Å². The Hall–Kier alpha value is -3.58. The molecule has 0 amide bonds. The lowest BCUT2D eigenvalue weighted by molar-refractivity contribution is 0.393.